The summed E-state index contributed by atoms with van der Waals surface area (Å²) in [6.45, 7) is 2.32. The molecule has 0 spiro atoms. The predicted molar refractivity (Wildman–Crippen MR) is 119 cm³/mol. The van der Waals surface area contributed by atoms with Crippen LogP contribution in [-0.2, 0) is 19.6 Å². The highest BCUT2D eigenvalue weighted by Crippen LogP contribution is 2.28. The fourth-order valence-electron chi connectivity index (χ4n) is 3.40. The molecule has 1 heterocycles. The summed E-state index contributed by atoms with van der Waals surface area (Å²) in [4.78, 5) is 26.5. The minimum atomic E-state index is -3.82. The standard InChI is InChI=1S/C22H25ClN2O5S/c1-16(21(26)24(2)18-9-5-3-6-10-18)30-22(27)17-11-12-19(23)20(15-17)31(28,29)25-13-7-4-8-14-25/h3,5-6,9-12,15-16H,4,7-8,13-14H2,1-2H3/t16-/m0/s1. The second-order valence-electron chi connectivity index (χ2n) is 7.39. The van der Waals surface area contributed by atoms with Crippen molar-refractivity contribution in [2.75, 3.05) is 25.0 Å². The lowest BCUT2D eigenvalue weighted by Crippen LogP contribution is -2.37. The van der Waals surface area contributed by atoms with Crippen LogP contribution in [0, 0.1) is 0 Å². The lowest BCUT2D eigenvalue weighted by Gasteiger charge is -2.26. The van der Waals surface area contributed by atoms with E-state index in [1.165, 1.54) is 34.3 Å². The van der Waals surface area contributed by atoms with Crippen LogP contribution in [0.5, 0.6) is 0 Å². The van der Waals surface area contributed by atoms with E-state index < -0.39 is 28.0 Å². The first kappa shape index (κ1) is 23.2. The largest absolute Gasteiger partial charge is 0.449 e. The van der Waals surface area contributed by atoms with Crippen LogP contribution >= 0.6 is 11.6 Å². The number of para-hydroxylation sites is 1. The average Bonchev–Trinajstić information content (AvgIpc) is 2.79. The van der Waals surface area contributed by atoms with Gasteiger partial charge >= 0.3 is 5.97 Å². The number of piperidine rings is 1. The number of rotatable bonds is 6. The molecule has 0 aliphatic carbocycles. The molecule has 1 atom stereocenters. The molecule has 1 fully saturated rings. The molecule has 2 aromatic carbocycles. The topological polar surface area (TPSA) is 84.0 Å². The molecule has 1 aliphatic rings. The van der Waals surface area contributed by atoms with E-state index in [1.54, 1.807) is 31.3 Å². The molecule has 0 aromatic heterocycles. The second kappa shape index (κ2) is 9.80. The summed E-state index contributed by atoms with van der Waals surface area (Å²) >= 11 is 6.15. The summed E-state index contributed by atoms with van der Waals surface area (Å²) in [5, 5.41) is 0.0371. The number of anilines is 1. The predicted octanol–water partition coefficient (Wildman–Crippen LogP) is 3.72. The zero-order valence-electron chi connectivity index (χ0n) is 17.5. The smallest absolute Gasteiger partial charge is 0.338 e. The van der Waals surface area contributed by atoms with Gasteiger partial charge in [0.25, 0.3) is 5.91 Å². The SMILES string of the molecule is C[C@H](OC(=O)c1ccc(Cl)c(S(=O)(=O)N2CCCCC2)c1)C(=O)N(C)c1ccccc1. The van der Waals surface area contributed by atoms with Crippen molar-refractivity contribution in [2.24, 2.45) is 0 Å². The number of likely N-dealkylation sites (N-methyl/N-ethyl adjacent to an activating group) is 1. The van der Waals surface area contributed by atoms with E-state index in [2.05, 4.69) is 0 Å². The molecular weight excluding hydrogens is 440 g/mol. The third-order valence-electron chi connectivity index (χ3n) is 5.21. The van der Waals surface area contributed by atoms with Crippen molar-refractivity contribution in [3.63, 3.8) is 0 Å². The average molecular weight is 465 g/mol. The minimum Gasteiger partial charge on any atom is -0.449 e. The normalized spacial score (nSPS) is 15.8. The van der Waals surface area contributed by atoms with E-state index in [0.717, 1.165) is 19.3 Å². The molecule has 31 heavy (non-hydrogen) atoms. The first-order valence-corrected chi connectivity index (χ1v) is 11.9. The maximum absolute atomic E-state index is 13.0. The number of carbonyl (C=O) groups is 2. The van der Waals surface area contributed by atoms with Gasteiger partial charge in [0, 0.05) is 25.8 Å². The molecule has 1 aliphatic heterocycles. The van der Waals surface area contributed by atoms with Crippen molar-refractivity contribution in [1.82, 2.24) is 4.31 Å². The number of carbonyl (C=O) groups excluding carboxylic acids is 2. The Morgan fingerprint density at radius 1 is 1.06 bits per heavy atom. The van der Waals surface area contributed by atoms with E-state index >= 15 is 0 Å². The van der Waals surface area contributed by atoms with Gasteiger partial charge < -0.3 is 9.64 Å². The van der Waals surface area contributed by atoms with Gasteiger partial charge in [0.1, 0.15) is 4.90 Å². The van der Waals surface area contributed by atoms with Crippen LogP contribution in [0.4, 0.5) is 5.69 Å². The van der Waals surface area contributed by atoms with Crippen LogP contribution in [0.15, 0.2) is 53.4 Å². The summed E-state index contributed by atoms with van der Waals surface area (Å²) in [6, 6.07) is 12.9. The number of ether oxygens (including phenoxy) is 1. The van der Waals surface area contributed by atoms with Crippen molar-refractivity contribution >= 4 is 39.2 Å². The molecular formula is C22H25ClN2O5S. The Bertz CT molecular complexity index is 1050. The van der Waals surface area contributed by atoms with Crippen LogP contribution in [0.25, 0.3) is 0 Å². The quantitative estimate of drug-likeness (QED) is 0.608. The van der Waals surface area contributed by atoms with Gasteiger partial charge in [-0.25, -0.2) is 13.2 Å². The molecule has 0 radical (unpaired) electrons. The highest BCUT2D eigenvalue weighted by Gasteiger charge is 2.30. The van der Waals surface area contributed by atoms with Gasteiger partial charge in [0.2, 0.25) is 10.0 Å². The van der Waals surface area contributed by atoms with Gasteiger partial charge in [-0.1, -0.05) is 36.2 Å². The van der Waals surface area contributed by atoms with E-state index in [1.807, 2.05) is 6.07 Å². The van der Waals surface area contributed by atoms with Gasteiger partial charge in [-0.05, 0) is 50.1 Å². The molecule has 0 unspecified atom stereocenters. The van der Waals surface area contributed by atoms with Gasteiger partial charge in [-0.2, -0.15) is 4.31 Å². The molecule has 166 valence electrons. The van der Waals surface area contributed by atoms with Gasteiger partial charge in [-0.3, -0.25) is 4.79 Å². The highest BCUT2D eigenvalue weighted by atomic mass is 35.5. The van der Waals surface area contributed by atoms with Crippen molar-refractivity contribution < 1.29 is 22.7 Å². The summed E-state index contributed by atoms with van der Waals surface area (Å²) in [5.74, 6) is -1.20. The monoisotopic (exact) mass is 464 g/mol. The fourth-order valence-corrected chi connectivity index (χ4v) is 5.42. The molecule has 1 amide bonds. The van der Waals surface area contributed by atoms with E-state index in [9.17, 15) is 18.0 Å². The zero-order chi connectivity index (χ0) is 22.6. The number of esters is 1. The van der Waals surface area contributed by atoms with Gasteiger partial charge in [0.15, 0.2) is 6.10 Å². The Morgan fingerprint density at radius 3 is 2.35 bits per heavy atom. The number of halogens is 1. The summed E-state index contributed by atoms with van der Waals surface area (Å²) < 4.78 is 32.7. The maximum atomic E-state index is 13.0. The Labute approximate surface area is 187 Å². The Hall–Kier alpha value is -2.42. The first-order valence-electron chi connectivity index (χ1n) is 10.0. The van der Waals surface area contributed by atoms with Crippen LogP contribution in [0.1, 0.15) is 36.5 Å². The summed E-state index contributed by atoms with van der Waals surface area (Å²) in [7, 11) is -2.23. The lowest BCUT2D eigenvalue weighted by atomic mass is 10.2. The number of hydrogen-bond acceptors (Lipinski definition) is 5. The number of benzene rings is 2. The molecule has 1 saturated heterocycles. The number of sulfonamides is 1. The van der Waals surface area contributed by atoms with Crippen molar-refractivity contribution in [1.29, 1.82) is 0 Å². The number of nitrogens with zero attached hydrogens (tertiary/aromatic N) is 2. The Morgan fingerprint density at radius 2 is 1.71 bits per heavy atom. The molecule has 7 nitrogen and oxygen atoms in total. The lowest BCUT2D eigenvalue weighted by molar-refractivity contribution is -0.126. The van der Waals surface area contributed by atoms with Crippen LogP contribution < -0.4 is 4.90 Å². The molecule has 0 saturated carbocycles. The maximum Gasteiger partial charge on any atom is 0.338 e. The van der Waals surface area contributed by atoms with Crippen LogP contribution in [0.2, 0.25) is 5.02 Å². The van der Waals surface area contributed by atoms with Crippen LogP contribution in [0.3, 0.4) is 0 Å². The molecule has 0 N–H and O–H groups in total. The second-order valence-corrected chi connectivity index (χ2v) is 9.70. The van der Waals surface area contributed by atoms with Crippen LogP contribution in [-0.4, -0.2) is 50.8 Å². The van der Waals surface area contributed by atoms with E-state index in [0.29, 0.717) is 18.8 Å². The molecule has 2 aromatic rings. The number of amides is 1. The Balaban J connectivity index is 1.76. The minimum absolute atomic E-state index is 0.0157. The molecule has 3 rings (SSSR count). The Kier molecular flexibility index (Phi) is 7.35. The third-order valence-corrected chi connectivity index (χ3v) is 7.59. The highest BCUT2D eigenvalue weighted by molar-refractivity contribution is 7.89. The fraction of sp³-hybridized carbons (Fsp3) is 0.364. The first-order chi connectivity index (χ1) is 14.7. The zero-order valence-corrected chi connectivity index (χ0v) is 19.0. The van der Waals surface area contributed by atoms with E-state index in [4.69, 9.17) is 16.3 Å². The molecule has 9 heteroatoms. The van der Waals surface area contributed by atoms with Crippen molar-refractivity contribution in [3.05, 3.63) is 59.1 Å². The van der Waals surface area contributed by atoms with Crippen molar-refractivity contribution in [3.8, 4) is 0 Å². The van der Waals surface area contributed by atoms with Gasteiger partial charge in [-0.15, -0.1) is 0 Å². The van der Waals surface area contributed by atoms with Gasteiger partial charge in [0.05, 0.1) is 10.6 Å². The molecule has 0 bridgehead atoms. The van der Waals surface area contributed by atoms with Crippen molar-refractivity contribution in [2.45, 2.75) is 37.2 Å². The third kappa shape index (κ3) is 5.26. The van der Waals surface area contributed by atoms with E-state index in [-0.39, 0.29) is 15.5 Å². The summed E-state index contributed by atoms with van der Waals surface area (Å²) in [6.07, 6.45) is 1.49. The number of hydrogen-bond donors (Lipinski definition) is 0. The summed E-state index contributed by atoms with van der Waals surface area (Å²) in [5.41, 5.74) is 0.679.